The Balaban J connectivity index is 0.000000810. The minimum absolute atomic E-state index is 0. The standard InChI is InChI=1S/C8H11Cl.Rh/c9-8-6-4-2-1-3-5-7-8;/h1-2,7H,3-6H2;/q;+2/b2-1-,8-7+;. The molecule has 0 nitrogen and oxygen atoms in total. The summed E-state index contributed by atoms with van der Waals surface area (Å²) in [6.07, 6.45) is 10.9. The van der Waals surface area contributed by atoms with Crippen LogP contribution in [-0.4, -0.2) is 0 Å². The number of allylic oxidation sites excluding steroid dienone is 4. The van der Waals surface area contributed by atoms with E-state index < -0.39 is 0 Å². The molecule has 0 atom stereocenters. The average molecular weight is 246 g/mol. The Bertz CT molecular complexity index is 138. The monoisotopic (exact) mass is 245 g/mol. The average Bonchev–Trinajstić information content (AvgIpc) is 1.79. The molecule has 0 aromatic heterocycles. The number of halogens is 1. The van der Waals surface area contributed by atoms with Gasteiger partial charge in [-0.25, -0.2) is 0 Å². The van der Waals surface area contributed by atoms with E-state index in [0.29, 0.717) is 0 Å². The van der Waals surface area contributed by atoms with Crippen LogP contribution in [0.5, 0.6) is 0 Å². The van der Waals surface area contributed by atoms with Crippen LogP contribution in [-0.2, 0) is 19.5 Å². The Morgan fingerprint density at radius 3 is 2.60 bits per heavy atom. The molecule has 0 N–H and O–H groups in total. The molecule has 1 aliphatic carbocycles. The number of rotatable bonds is 0. The first-order valence-electron chi connectivity index (χ1n) is 3.39. The molecular weight excluding hydrogens is 234 g/mol. The molecule has 0 aromatic rings. The summed E-state index contributed by atoms with van der Waals surface area (Å²) in [6.45, 7) is 0. The van der Waals surface area contributed by atoms with Crippen molar-refractivity contribution < 1.29 is 19.5 Å². The first-order valence-corrected chi connectivity index (χ1v) is 3.77. The van der Waals surface area contributed by atoms with E-state index in [1.807, 2.05) is 0 Å². The fraction of sp³-hybridized carbons (Fsp3) is 0.500. The second-order valence-electron chi connectivity index (χ2n) is 2.24. The third-order valence-electron chi connectivity index (χ3n) is 1.42. The molecular formula is C8H11ClRh+2. The summed E-state index contributed by atoms with van der Waals surface area (Å²) < 4.78 is 0. The van der Waals surface area contributed by atoms with E-state index in [0.717, 1.165) is 30.7 Å². The maximum atomic E-state index is 5.82. The molecule has 0 heterocycles. The van der Waals surface area contributed by atoms with Crippen molar-refractivity contribution in [3.8, 4) is 0 Å². The van der Waals surface area contributed by atoms with Crippen LogP contribution >= 0.6 is 11.6 Å². The van der Waals surface area contributed by atoms with Crippen LogP contribution < -0.4 is 0 Å². The zero-order chi connectivity index (χ0) is 6.53. The molecule has 1 aliphatic rings. The Labute approximate surface area is 80.1 Å². The van der Waals surface area contributed by atoms with E-state index in [9.17, 15) is 0 Å². The molecule has 0 saturated heterocycles. The predicted molar refractivity (Wildman–Crippen MR) is 41.5 cm³/mol. The molecule has 0 aliphatic heterocycles. The minimum Gasteiger partial charge on any atom is -0.0895 e. The van der Waals surface area contributed by atoms with Gasteiger partial charge in [0.1, 0.15) is 0 Å². The summed E-state index contributed by atoms with van der Waals surface area (Å²) in [5.74, 6) is 0. The summed E-state index contributed by atoms with van der Waals surface area (Å²) in [5, 5.41) is 1.03. The molecule has 0 unspecified atom stereocenters. The predicted octanol–water partition coefficient (Wildman–Crippen LogP) is 3.24. The Morgan fingerprint density at radius 2 is 1.80 bits per heavy atom. The van der Waals surface area contributed by atoms with Crippen molar-refractivity contribution in [2.75, 3.05) is 0 Å². The fourth-order valence-corrected chi connectivity index (χ4v) is 1.11. The molecule has 0 bridgehead atoms. The van der Waals surface area contributed by atoms with E-state index in [1.165, 1.54) is 0 Å². The fourth-order valence-electron chi connectivity index (χ4n) is 0.895. The molecule has 0 aromatic carbocycles. The minimum atomic E-state index is 0. The van der Waals surface area contributed by atoms with Crippen molar-refractivity contribution >= 4 is 11.6 Å². The van der Waals surface area contributed by atoms with Gasteiger partial charge in [0.25, 0.3) is 0 Å². The van der Waals surface area contributed by atoms with Gasteiger partial charge in [0.2, 0.25) is 0 Å². The molecule has 1 rings (SSSR count). The third-order valence-corrected chi connectivity index (χ3v) is 1.76. The SMILES string of the molecule is Cl/C1=C/CC/C=C\CC1.[Rh+2]. The van der Waals surface area contributed by atoms with Crippen molar-refractivity contribution in [3.63, 3.8) is 0 Å². The van der Waals surface area contributed by atoms with E-state index in [4.69, 9.17) is 11.6 Å². The van der Waals surface area contributed by atoms with Crippen molar-refractivity contribution in [3.05, 3.63) is 23.3 Å². The van der Waals surface area contributed by atoms with Crippen LogP contribution in [0.25, 0.3) is 0 Å². The van der Waals surface area contributed by atoms with Gasteiger partial charge in [0, 0.05) is 5.03 Å². The van der Waals surface area contributed by atoms with E-state index in [2.05, 4.69) is 18.2 Å². The van der Waals surface area contributed by atoms with Crippen LogP contribution in [0.15, 0.2) is 23.3 Å². The summed E-state index contributed by atoms with van der Waals surface area (Å²) >= 11 is 5.82. The normalized spacial score (nSPS) is 26.7. The van der Waals surface area contributed by atoms with Gasteiger partial charge in [0.05, 0.1) is 0 Å². The van der Waals surface area contributed by atoms with Crippen LogP contribution in [0.2, 0.25) is 0 Å². The van der Waals surface area contributed by atoms with Gasteiger partial charge >= 0.3 is 19.5 Å². The van der Waals surface area contributed by atoms with E-state index >= 15 is 0 Å². The van der Waals surface area contributed by atoms with Gasteiger partial charge in [-0.1, -0.05) is 29.8 Å². The molecule has 0 fully saturated rings. The van der Waals surface area contributed by atoms with Crippen molar-refractivity contribution in [2.24, 2.45) is 0 Å². The molecule has 2 heteroatoms. The first-order chi connectivity index (χ1) is 4.39. The molecule has 10 heavy (non-hydrogen) atoms. The van der Waals surface area contributed by atoms with E-state index in [1.54, 1.807) is 0 Å². The van der Waals surface area contributed by atoms with Crippen LogP contribution in [0.4, 0.5) is 0 Å². The first kappa shape index (κ1) is 10.4. The van der Waals surface area contributed by atoms with Crippen molar-refractivity contribution in [2.45, 2.75) is 25.7 Å². The maximum absolute atomic E-state index is 5.82. The van der Waals surface area contributed by atoms with Gasteiger partial charge < -0.3 is 0 Å². The van der Waals surface area contributed by atoms with Gasteiger partial charge in [-0.15, -0.1) is 0 Å². The Kier molecular flexibility index (Phi) is 6.37. The van der Waals surface area contributed by atoms with Crippen molar-refractivity contribution in [1.82, 2.24) is 0 Å². The van der Waals surface area contributed by atoms with Gasteiger partial charge in [-0.05, 0) is 25.7 Å². The van der Waals surface area contributed by atoms with Gasteiger partial charge in [-0.2, -0.15) is 0 Å². The second kappa shape index (κ2) is 6.13. The van der Waals surface area contributed by atoms with Crippen LogP contribution in [0, 0.1) is 0 Å². The molecule has 0 amide bonds. The molecule has 57 valence electrons. The van der Waals surface area contributed by atoms with Gasteiger partial charge in [0.15, 0.2) is 0 Å². The third kappa shape index (κ3) is 4.25. The smallest absolute Gasteiger partial charge is 0.0895 e. The molecule has 0 saturated carbocycles. The van der Waals surface area contributed by atoms with E-state index in [-0.39, 0.29) is 19.5 Å². The summed E-state index contributed by atoms with van der Waals surface area (Å²) in [6, 6.07) is 0. The quantitative estimate of drug-likeness (QED) is 0.454. The zero-order valence-corrected chi connectivity index (χ0v) is 8.17. The van der Waals surface area contributed by atoms with Crippen LogP contribution in [0.3, 0.4) is 0 Å². The summed E-state index contributed by atoms with van der Waals surface area (Å²) in [5.41, 5.74) is 0. The summed E-state index contributed by atoms with van der Waals surface area (Å²) in [7, 11) is 0. The molecule has 1 radical (unpaired) electrons. The van der Waals surface area contributed by atoms with Crippen molar-refractivity contribution in [1.29, 1.82) is 0 Å². The largest absolute Gasteiger partial charge is 2.00 e. The van der Waals surface area contributed by atoms with Gasteiger partial charge in [-0.3, -0.25) is 0 Å². The number of hydrogen-bond donors (Lipinski definition) is 0. The number of hydrogen-bond acceptors (Lipinski definition) is 0. The Hall–Kier alpha value is 0.393. The topological polar surface area (TPSA) is 0 Å². The second-order valence-corrected chi connectivity index (χ2v) is 2.72. The van der Waals surface area contributed by atoms with Crippen LogP contribution in [0.1, 0.15) is 25.7 Å². The maximum Gasteiger partial charge on any atom is 2.00 e. The molecule has 0 spiro atoms. The zero-order valence-electron chi connectivity index (χ0n) is 5.77. The summed E-state index contributed by atoms with van der Waals surface area (Å²) in [4.78, 5) is 0. The Morgan fingerprint density at radius 1 is 1.10 bits per heavy atom.